The van der Waals surface area contributed by atoms with Crippen LogP contribution in [0.5, 0.6) is 0 Å². The number of anilines is 2. The molecule has 0 amide bonds. The fourth-order valence-corrected chi connectivity index (χ4v) is 5.52. The van der Waals surface area contributed by atoms with Crippen LogP contribution in [-0.2, 0) is 27.9 Å². The molecule has 5 heterocycles. The van der Waals surface area contributed by atoms with Gasteiger partial charge in [0.1, 0.15) is 23.9 Å². The topological polar surface area (TPSA) is 159 Å². The molecule has 4 N–H and O–H groups in total. The van der Waals surface area contributed by atoms with Crippen molar-refractivity contribution >= 4 is 54.6 Å². The molecule has 0 spiro atoms. The van der Waals surface area contributed by atoms with E-state index in [0.717, 1.165) is 26.8 Å². The van der Waals surface area contributed by atoms with Crippen LogP contribution in [-0.4, -0.2) is 64.7 Å². The molecule has 0 aliphatic carbocycles. The van der Waals surface area contributed by atoms with Crippen molar-refractivity contribution in [3.8, 4) is 22.5 Å². The molecule has 0 radical (unpaired) electrons. The predicted octanol–water partition coefficient (Wildman–Crippen LogP) is 7.16. The first-order valence-electron chi connectivity index (χ1n) is 17.3. The summed E-state index contributed by atoms with van der Waals surface area (Å²) in [4.78, 5) is 8.11. The molecule has 7 rings (SSSR count). The van der Waals surface area contributed by atoms with Crippen molar-refractivity contribution in [1.29, 1.82) is 0 Å². The number of nitrogens with two attached hydrogens (primary N) is 2. The van der Waals surface area contributed by atoms with E-state index in [-0.39, 0.29) is 52.8 Å². The van der Waals surface area contributed by atoms with Crippen molar-refractivity contribution in [3.63, 3.8) is 0 Å². The monoisotopic (exact) mass is 778 g/mol. The smallest absolute Gasteiger partial charge is 0.432 e. The van der Waals surface area contributed by atoms with E-state index in [9.17, 15) is 0 Å². The van der Waals surface area contributed by atoms with Crippen molar-refractivity contribution in [1.82, 2.24) is 9.97 Å². The largest absolute Gasteiger partial charge is 0.494 e. The standard InChI is InChI=1S/C15H19BN2O3.C12H24B2O4.C9H7BrN2O/c1-14(2)15(3,4)21-16(20-14)11-7-5-10(6-8-11)12-9-19-13(17)18-12;1-9(2)10(3,4)16-13(15-9)14-17-11(5,6)12(7,8)18-14;10-7-3-1-6(2-4-7)8-5-13-9(11)12-8/h5-9H,1-4H3,(H2,17,18);1-8H3;1-5H,(H2,11,12). The Hall–Kier alpha value is -3.11. The maximum atomic E-state index is 6.02. The number of hydrogen-bond donors (Lipinski definition) is 2. The summed E-state index contributed by atoms with van der Waals surface area (Å²) in [6.45, 7) is 24.4. The molecule has 2 aromatic carbocycles. The second-order valence-electron chi connectivity index (χ2n) is 16.1. The van der Waals surface area contributed by atoms with Gasteiger partial charge in [-0.25, -0.2) is 0 Å². The average Bonchev–Trinajstić information content (AvgIpc) is 3.81. The first kappa shape index (κ1) is 40.1. The van der Waals surface area contributed by atoms with E-state index in [0.29, 0.717) is 5.69 Å². The molecule has 3 aliphatic heterocycles. The van der Waals surface area contributed by atoms with E-state index in [1.54, 1.807) is 12.5 Å². The van der Waals surface area contributed by atoms with E-state index in [1.807, 2.05) is 132 Å². The molecule has 16 heteroatoms. The molecule has 278 valence electrons. The highest BCUT2D eigenvalue weighted by Crippen LogP contribution is 2.43. The number of halogens is 1. The number of hydrogen-bond acceptors (Lipinski definition) is 12. The fraction of sp³-hybridized carbons (Fsp3) is 0.500. The minimum absolute atomic E-state index is 0.167. The molecule has 0 unspecified atom stereocenters. The van der Waals surface area contributed by atoms with Gasteiger partial charge in [-0.1, -0.05) is 52.3 Å². The first-order valence-corrected chi connectivity index (χ1v) is 18.1. The Morgan fingerprint density at radius 3 is 1.10 bits per heavy atom. The van der Waals surface area contributed by atoms with Crippen LogP contribution in [0.4, 0.5) is 12.0 Å². The zero-order valence-electron chi connectivity index (χ0n) is 32.2. The van der Waals surface area contributed by atoms with Gasteiger partial charge in [-0.2, -0.15) is 9.97 Å². The average molecular weight is 779 g/mol. The maximum Gasteiger partial charge on any atom is 0.494 e. The lowest BCUT2D eigenvalue weighted by molar-refractivity contribution is 0.00578. The van der Waals surface area contributed by atoms with E-state index in [4.69, 9.17) is 48.2 Å². The Balaban J connectivity index is 0.000000155. The summed E-state index contributed by atoms with van der Waals surface area (Å²) < 4.78 is 46.9. The van der Waals surface area contributed by atoms with E-state index < -0.39 is 14.0 Å². The highest BCUT2D eigenvalue weighted by molar-refractivity contribution is 9.10. The molecular weight excluding hydrogens is 729 g/mol. The van der Waals surface area contributed by atoms with Crippen LogP contribution in [0.1, 0.15) is 83.1 Å². The lowest BCUT2D eigenvalue weighted by atomic mass is 9.49. The summed E-state index contributed by atoms with van der Waals surface area (Å²) in [6.07, 6.45) is 3.08. The maximum absolute atomic E-state index is 6.02. The fourth-order valence-electron chi connectivity index (χ4n) is 5.25. The second-order valence-corrected chi connectivity index (χ2v) is 17.0. The van der Waals surface area contributed by atoms with Gasteiger partial charge >= 0.3 is 21.1 Å². The normalized spacial score (nSPS) is 21.7. The van der Waals surface area contributed by atoms with Gasteiger partial charge in [0.05, 0.1) is 33.6 Å². The van der Waals surface area contributed by atoms with Crippen molar-refractivity contribution in [3.05, 3.63) is 65.5 Å². The van der Waals surface area contributed by atoms with Crippen molar-refractivity contribution in [2.24, 2.45) is 0 Å². The molecule has 4 aromatic rings. The summed E-state index contributed by atoms with van der Waals surface area (Å²) in [6, 6.07) is 16.0. The molecule has 2 aromatic heterocycles. The lowest BCUT2D eigenvalue weighted by Crippen LogP contribution is -2.41. The SMILES string of the molecule is CC1(C)OB(B2OC(C)(C)C(C)(C)O2)OC1(C)C.CC1(C)OB(c2ccc(-c3coc(N)n3)cc2)OC1(C)C.Nc1nc(-c2ccc(Br)cc2)co1. The molecular formula is C36H50B3BrN4O8. The van der Waals surface area contributed by atoms with Gasteiger partial charge < -0.3 is 48.2 Å². The molecule has 3 aliphatic rings. The molecule has 0 bridgehead atoms. The molecule has 3 saturated heterocycles. The van der Waals surface area contributed by atoms with Crippen molar-refractivity contribution in [2.75, 3.05) is 11.5 Å². The van der Waals surface area contributed by atoms with Gasteiger partial charge in [0, 0.05) is 15.6 Å². The van der Waals surface area contributed by atoms with Gasteiger partial charge in [-0.15, -0.1) is 0 Å². The molecule has 52 heavy (non-hydrogen) atoms. The van der Waals surface area contributed by atoms with Crippen LogP contribution in [0.15, 0.2) is 74.4 Å². The number of nitrogen functional groups attached to an aromatic ring is 2. The summed E-state index contributed by atoms with van der Waals surface area (Å²) in [5.41, 5.74) is 13.1. The van der Waals surface area contributed by atoms with Crippen molar-refractivity contribution in [2.45, 2.75) is 117 Å². The van der Waals surface area contributed by atoms with Crippen molar-refractivity contribution < 1.29 is 36.8 Å². The second kappa shape index (κ2) is 14.3. The van der Waals surface area contributed by atoms with Crippen LogP contribution >= 0.6 is 15.9 Å². The number of nitrogens with zero attached hydrogens (tertiary/aromatic N) is 2. The Kier molecular flexibility index (Phi) is 11.0. The quantitative estimate of drug-likeness (QED) is 0.202. The van der Waals surface area contributed by atoms with Gasteiger partial charge in [-0.3, -0.25) is 0 Å². The molecule has 0 saturated carbocycles. The number of oxazole rings is 2. The Bertz CT molecular complexity index is 1750. The minimum atomic E-state index is -0.476. The third kappa shape index (κ3) is 8.48. The van der Waals surface area contributed by atoms with Crippen LogP contribution in [0.25, 0.3) is 22.5 Å². The van der Waals surface area contributed by atoms with E-state index in [2.05, 4.69) is 25.9 Å². The molecule has 3 fully saturated rings. The number of aromatic nitrogens is 2. The van der Waals surface area contributed by atoms with Gasteiger partial charge in [0.15, 0.2) is 0 Å². The van der Waals surface area contributed by atoms with Gasteiger partial charge in [0.25, 0.3) is 12.0 Å². The zero-order valence-corrected chi connectivity index (χ0v) is 33.8. The van der Waals surface area contributed by atoms with E-state index >= 15 is 0 Å². The van der Waals surface area contributed by atoms with Gasteiger partial charge in [0.2, 0.25) is 0 Å². The Labute approximate surface area is 316 Å². The molecule has 0 atom stereocenters. The van der Waals surface area contributed by atoms with Crippen LogP contribution in [0.3, 0.4) is 0 Å². The summed E-state index contributed by atoms with van der Waals surface area (Å²) in [5, 5.41) is 0. The highest BCUT2D eigenvalue weighted by atomic mass is 79.9. The Morgan fingerprint density at radius 2 is 0.788 bits per heavy atom. The summed E-state index contributed by atoms with van der Waals surface area (Å²) >= 11 is 3.35. The zero-order chi connectivity index (χ0) is 38.5. The first-order chi connectivity index (χ1) is 23.9. The minimum Gasteiger partial charge on any atom is -0.432 e. The van der Waals surface area contributed by atoms with Gasteiger partial charge in [-0.05, 0) is 101 Å². The third-order valence-corrected chi connectivity index (χ3v) is 11.2. The molecule has 12 nitrogen and oxygen atoms in total. The van der Waals surface area contributed by atoms with E-state index in [1.165, 1.54) is 0 Å². The van der Waals surface area contributed by atoms with Crippen LogP contribution in [0.2, 0.25) is 0 Å². The summed E-state index contributed by atoms with van der Waals surface area (Å²) in [7, 11) is -1.31. The Morgan fingerprint density at radius 1 is 0.481 bits per heavy atom. The third-order valence-electron chi connectivity index (χ3n) is 10.7. The predicted molar refractivity (Wildman–Crippen MR) is 208 cm³/mol. The lowest BCUT2D eigenvalue weighted by Gasteiger charge is -2.32. The summed E-state index contributed by atoms with van der Waals surface area (Å²) in [5.74, 6) is 0. The van der Waals surface area contributed by atoms with Crippen LogP contribution in [0, 0.1) is 0 Å². The number of rotatable bonds is 4. The highest BCUT2D eigenvalue weighted by Gasteiger charge is 2.63. The van der Waals surface area contributed by atoms with Crippen LogP contribution < -0.4 is 16.9 Å². The number of benzene rings is 2.